The minimum Gasteiger partial charge on any atom is -0.495 e. The van der Waals surface area contributed by atoms with E-state index in [2.05, 4.69) is 10.5 Å². The lowest BCUT2D eigenvalue weighted by molar-refractivity contribution is 0.102. The van der Waals surface area contributed by atoms with Gasteiger partial charge in [-0.15, -0.1) is 11.3 Å². The second-order valence-electron chi connectivity index (χ2n) is 3.95. The van der Waals surface area contributed by atoms with Gasteiger partial charge < -0.3 is 21.0 Å². The molecular weight excluding hydrogens is 314 g/mol. The van der Waals surface area contributed by atoms with E-state index in [9.17, 15) is 4.79 Å². The summed E-state index contributed by atoms with van der Waals surface area (Å²) in [7, 11) is 1.50. The van der Waals surface area contributed by atoms with Crippen molar-refractivity contribution >= 4 is 40.4 Å². The van der Waals surface area contributed by atoms with Gasteiger partial charge in [0.15, 0.2) is 5.84 Å². The lowest BCUT2D eigenvalue weighted by atomic mass is 10.2. The highest BCUT2D eigenvalue weighted by molar-refractivity contribution is 7.12. The number of nitrogens with zero attached hydrogens (tertiary/aromatic N) is 1. The molecular formula is C13H12ClN3O3S. The molecule has 0 unspecified atom stereocenters. The Morgan fingerprint density at radius 2 is 2.24 bits per heavy atom. The van der Waals surface area contributed by atoms with E-state index in [1.807, 2.05) is 0 Å². The molecule has 0 radical (unpaired) electrons. The third-order valence-electron chi connectivity index (χ3n) is 2.68. The number of carbonyl (C=O) groups is 1. The number of oxime groups is 1. The number of anilines is 1. The number of amidine groups is 1. The molecule has 8 heteroatoms. The fourth-order valence-electron chi connectivity index (χ4n) is 1.64. The van der Waals surface area contributed by atoms with Gasteiger partial charge in [0.25, 0.3) is 5.91 Å². The quantitative estimate of drug-likeness (QED) is 0.348. The number of rotatable bonds is 4. The van der Waals surface area contributed by atoms with E-state index < -0.39 is 0 Å². The molecule has 2 rings (SSSR count). The second kappa shape index (κ2) is 6.47. The first-order valence-corrected chi connectivity index (χ1v) is 7.03. The van der Waals surface area contributed by atoms with Gasteiger partial charge in [-0.25, -0.2) is 0 Å². The van der Waals surface area contributed by atoms with Crippen LogP contribution in [0.1, 0.15) is 15.2 Å². The molecule has 0 saturated heterocycles. The topological polar surface area (TPSA) is 96.9 Å². The van der Waals surface area contributed by atoms with Crippen LogP contribution in [0.25, 0.3) is 0 Å². The Balaban J connectivity index is 2.22. The summed E-state index contributed by atoms with van der Waals surface area (Å²) in [4.78, 5) is 12.6. The number of halogens is 1. The number of carbonyl (C=O) groups excluding carboxylic acids is 1. The maximum absolute atomic E-state index is 12.2. The van der Waals surface area contributed by atoms with Gasteiger partial charge >= 0.3 is 0 Å². The molecule has 1 amide bonds. The molecule has 0 bridgehead atoms. The molecule has 1 aromatic carbocycles. The van der Waals surface area contributed by atoms with Gasteiger partial charge in [-0.1, -0.05) is 16.8 Å². The maximum Gasteiger partial charge on any atom is 0.269 e. The molecule has 6 nitrogen and oxygen atoms in total. The summed E-state index contributed by atoms with van der Waals surface area (Å²) in [6.07, 6.45) is 0. The Morgan fingerprint density at radius 3 is 2.86 bits per heavy atom. The van der Waals surface area contributed by atoms with Gasteiger partial charge in [0.05, 0.1) is 17.8 Å². The van der Waals surface area contributed by atoms with Crippen molar-refractivity contribution in [3.8, 4) is 5.75 Å². The number of methoxy groups -OCH3 is 1. The number of hydrogen-bond acceptors (Lipinski definition) is 5. The third-order valence-corrected chi connectivity index (χ3v) is 3.88. The van der Waals surface area contributed by atoms with Gasteiger partial charge in [0, 0.05) is 5.56 Å². The summed E-state index contributed by atoms with van der Waals surface area (Å²) >= 11 is 7.34. The Bertz CT molecular complexity index is 700. The minimum atomic E-state index is -0.319. The summed E-state index contributed by atoms with van der Waals surface area (Å²) in [6, 6.07) is 6.37. The number of nitrogens with one attached hydrogen (secondary N) is 1. The highest BCUT2D eigenvalue weighted by atomic mass is 35.5. The van der Waals surface area contributed by atoms with Crippen molar-refractivity contribution in [1.82, 2.24) is 0 Å². The van der Waals surface area contributed by atoms with Crippen LogP contribution < -0.4 is 15.8 Å². The normalized spacial score (nSPS) is 11.2. The lowest BCUT2D eigenvalue weighted by Crippen LogP contribution is -2.14. The average Bonchev–Trinajstić information content (AvgIpc) is 2.97. The van der Waals surface area contributed by atoms with Crippen molar-refractivity contribution in [2.24, 2.45) is 10.9 Å². The van der Waals surface area contributed by atoms with Crippen molar-refractivity contribution in [3.05, 3.63) is 45.1 Å². The number of ether oxygens (including phenoxy) is 1. The molecule has 4 N–H and O–H groups in total. The van der Waals surface area contributed by atoms with Crippen LogP contribution in [0.3, 0.4) is 0 Å². The van der Waals surface area contributed by atoms with Crippen LogP contribution in [0.4, 0.5) is 5.69 Å². The van der Waals surface area contributed by atoms with Crippen molar-refractivity contribution in [1.29, 1.82) is 0 Å². The fourth-order valence-corrected chi connectivity index (χ4v) is 2.62. The van der Waals surface area contributed by atoms with Crippen LogP contribution in [0.15, 0.2) is 34.8 Å². The van der Waals surface area contributed by atoms with Crippen LogP contribution in [-0.2, 0) is 0 Å². The van der Waals surface area contributed by atoms with E-state index in [1.54, 1.807) is 23.6 Å². The largest absolute Gasteiger partial charge is 0.495 e. The average molecular weight is 326 g/mol. The molecule has 0 aliphatic heterocycles. The van der Waals surface area contributed by atoms with E-state index >= 15 is 0 Å². The van der Waals surface area contributed by atoms with Crippen molar-refractivity contribution in [2.75, 3.05) is 12.4 Å². The molecule has 0 aliphatic rings. The number of hydrogen-bond donors (Lipinski definition) is 3. The Morgan fingerprint density at radius 1 is 1.48 bits per heavy atom. The second-order valence-corrected chi connectivity index (χ2v) is 5.28. The molecule has 0 aliphatic carbocycles. The predicted octanol–water partition coefficient (Wildman–Crippen LogP) is 2.76. The van der Waals surface area contributed by atoms with Gasteiger partial charge in [0.2, 0.25) is 0 Å². The number of benzene rings is 1. The predicted molar refractivity (Wildman–Crippen MR) is 82.8 cm³/mol. The van der Waals surface area contributed by atoms with Gasteiger partial charge in [-0.05, 0) is 29.6 Å². The summed E-state index contributed by atoms with van der Waals surface area (Å²) < 4.78 is 5.10. The molecule has 0 spiro atoms. The standard InChI is InChI=1S/C13H12ClN3O3S/c1-20-10-4-5-21-11(10)13(18)16-9-3-2-7(6-8(9)14)12(15)17-19/h2-6,19H,1H3,(H2,15,17)(H,16,18). The fraction of sp³-hybridized carbons (Fsp3) is 0.0769. The monoisotopic (exact) mass is 325 g/mol. The zero-order valence-electron chi connectivity index (χ0n) is 11.0. The third kappa shape index (κ3) is 3.26. The summed E-state index contributed by atoms with van der Waals surface area (Å²) in [5.41, 5.74) is 6.34. The molecule has 1 heterocycles. The first kappa shape index (κ1) is 15.1. The van der Waals surface area contributed by atoms with E-state index in [-0.39, 0.29) is 16.8 Å². The van der Waals surface area contributed by atoms with Crippen LogP contribution >= 0.6 is 22.9 Å². The molecule has 2 aromatic rings. The molecule has 1 aromatic heterocycles. The minimum absolute atomic E-state index is 0.0605. The van der Waals surface area contributed by atoms with Crippen molar-refractivity contribution < 1.29 is 14.7 Å². The molecule has 0 atom stereocenters. The zero-order chi connectivity index (χ0) is 15.4. The molecule has 0 fully saturated rings. The van der Waals surface area contributed by atoms with E-state index in [0.717, 1.165) is 0 Å². The van der Waals surface area contributed by atoms with Crippen molar-refractivity contribution in [3.63, 3.8) is 0 Å². The Hall–Kier alpha value is -2.25. The van der Waals surface area contributed by atoms with Crippen LogP contribution in [0.5, 0.6) is 5.75 Å². The smallest absolute Gasteiger partial charge is 0.269 e. The van der Waals surface area contributed by atoms with Crippen LogP contribution in [0.2, 0.25) is 5.02 Å². The van der Waals surface area contributed by atoms with E-state index in [1.165, 1.54) is 24.5 Å². The van der Waals surface area contributed by atoms with Gasteiger partial charge in [-0.3, -0.25) is 4.79 Å². The first-order chi connectivity index (χ1) is 10.1. The molecule has 21 heavy (non-hydrogen) atoms. The van der Waals surface area contributed by atoms with Crippen LogP contribution in [0, 0.1) is 0 Å². The summed E-state index contributed by atoms with van der Waals surface area (Å²) in [5, 5.41) is 16.2. The van der Waals surface area contributed by atoms with E-state index in [4.69, 9.17) is 27.3 Å². The number of nitrogens with two attached hydrogens (primary N) is 1. The Kier molecular flexibility index (Phi) is 4.66. The highest BCUT2D eigenvalue weighted by Gasteiger charge is 2.15. The number of amides is 1. The van der Waals surface area contributed by atoms with E-state index in [0.29, 0.717) is 21.9 Å². The van der Waals surface area contributed by atoms with Crippen LogP contribution in [-0.4, -0.2) is 24.1 Å². The van der Waals surface area contributed by atoms with Crippen molar-refractivity contribution in [2.45, 2.75) is 0 Å². The molecule has 110 valence electrons. The SMILES string of the molecule is COc1ccsc1C(=O)Nc1ccc(/C(N)=N/O)cc1Cl. The highest BCUT2D eigenvalue weighted by Crippen LogP contribution is 2.28. The summed E-state index contributed by atoms with van der Waals surface area (Å²) in [5.74, 6) is 0.122. The first-order valence-electron chi connectivity index (χ1n) is 5.77. The maximum atomic E-state index is 12.2. The van der Waals surface area contributed by atoms with Gasteiger partial charge in [-0.2, -0.15) is 0 Å². The molecule has 0 saturated carbocycles. The van der Waals surface area contributed by atoms with Gasteiger partial charge in [0.1, 0.15) is 10.6 Å². The number of thiophene rings is 1. The lowest BCUT2D eigenvalue weighted by Gasteiger charge is -2.08. The zero-order valence-corrected chi connectivity index (χ0v) is 12.5. The Labute approximate surface area is 129 Å². The summed E-state index contributed by atoms with van der Waals surface area (Å²) in [6.45, 7) is 0.